The maximum absolute atomic E-state index is 14.1. The van der Waals surface area contributed by atoms with Gasteiger partial charge in [0.15, 0.2) is 5.69 Å². The van der Waals surface area contributed by atoms with E-state index in [1.165, 1.54) is 4.40 Å². The van der Waals surface area contributed by atoms with Crippen LogP contribution in [0.3, 0.4) is 0 Å². The van der Waals surface area contributed by atoms with E-state index in [1.807, 2.05) is 0 Å². The van der Waals surface area contributed by atoms with Gasteiger partial charge in [-0.2, -0.15) is 4.39 Å². The van der Waals surface area contributed by atoms with Crippen molar-refractivity contribution in [3.63, 3.8) is 0 Å². The predicted molar refractivity (Wildman–Crippen MR) is 70.1 cm³/mol. The fourth-order valence-corrected chi connectivity index (χ4v) is 1.84. The van der Waals surface area contributed by atoms with Gasteiger partial charge in [0.1, 0.15) is 5.65 Å². The van der Waals surface area contributed by atoms with Crippen molar-refractivity contribution in [2.24, 2.45) is 0 Å². The maximum Gasteiger partial charge on any atom is 0.274 e. The molecule has 2 heterocycles. The minimum absolute atomic E-state index is 0.0751. The molecule has 2 aromatic heterocycles. The highest BCUT2D eigenvalue weighted by Gasteiger charge is 2.19. The van der Waals surface area contributed by atoms with Crippen LogP contribution in [0.15, 0.2) is 18.2 Å². The molecule has 0 bridgehead atoms. The molecule has 0 atom stereocenters. The third-order valence-electron chi connectivity index (χ3n) is 2.77. The highest BCUT2D eigenvalue weighted by molar-refractivity contribution is 5.93. The Morgan fingerprint density at radius 2 is 2.30 bits per heavy atom. The number of halogens is 1. The molecule has 6 nitrogen and oxygen atoms in total. The highest BCUT2D eigenvalue weighted by Crippen LogP contribution is 2.13. The Labute approximate surface area is 115 Å². The average molecular weight is 281 g/mol. The standard InChI is InChI=1S/C13H16FN3O3/c1-9-3-2-4-10-16-11(12(14)17(9)10)13(19)15-5-7-20-8-6-18/h2-4,18H,5-8H2,1H3,(H,15,19). The van der Waals surface area contributed by atoms with Crippen molar-refractivity contribution in [1.82, 2.24) is 14.7 Å². The molecule has 0 aliphatic carbocycles. The number of fused-ring (bicyclic) bond motifs is 1. The lowest BCUT2D eigenvalue weighted by Gasteiger charge is -2.03. The molecule has 0 saturated carbocycles. The SMILES string of the molecule is Cc1cccc2nc(C(=O)NCCOCCO)c(F)n12. The summed E-state index contributed by atoms with van der Waals surface area (Å²) in [5.74, 6) is -1.26. The molecular formula is C13H16FN3O3. The molecule has 0 radical (unpaired) electrons. The van der Waals surface area contributed by atoms with Crippen molar-refractivity contribution in [2.75, 3.05) is 26.4 Å². The molecule has 0 aliphatic heterocycles. The largest absolute Gasteiger partial charge is 0.394 e. The zero-order valence-electron chi connectivity index (χ0n) is 11.1. The molecular weight excluding hydrogens is 265 g/mol. The summed E-state index contributed by atoms with van der Waals surface area (Å²) in [7, 11) is 0. The van der Waals surface area contributed by atoms with Gasteiger partial charge in [-0.05, 0) is 19.1 Å². The lowest BCUT2D eigenvalue weighted by molar-refractivity contribution is 0.0833. The number of carbonyl (C=O) groups is 1. The Bertz CT molecular complexity index is 612. The quantitative estimate of drug-likeness (QED) is 0.757. The Balaban J connectivity index is 2.07. The van der Waals surface area contributed by atoms with E-state index in [4.69, 9.17) is 9.84 Å². The smallest absolute Gasteiger partial charge is 0.274 e. The first kappa shape index (κ1) is 14.4. The van der Waals surface area contributed by atoms with Gasteiger partial charge in [0.2, 0.25) is 5.95 Å². The summed E-state index contributed by atoms with van der Waals surface area (Å²) in [4.78, 5) is 15.8. The predicted octanol–water partition coefficient (Wildman–Crippen LogP) is 0.521. The fourth-order valence-electron chi connectivity index (χ4n) is 1.84. The summed E-state index contributed by atoms with van der Waals surface area (Å²) in [6, 6.07) is 5.13. The van der Waals surface area contributed by atoms with E-state index < -0.39 is 11.9 Å². The number of aromatic nitrogens is 2. The van der Waals surface area contributed by atoms with E-state index in [0.717, 1.165) is 0 Å². The number of nitrogens with zero attached hydrogens (tertiary/aromatic N) is 2. The van der Waals surface area contributed by atoms with E-state index in [0.29, 0.717) is 11.3 Å². The van der Waals surface area contributed by atoms with Gasteiger partial charge in [-0.1, -0.05) is 6.07 Å². The number of aliphatic hydroxyl groups excluding tert-OH is 1. The summed E-state index contributed by atoms with van der Waals surface area (Å²) in [5.41, 5.74) is 0.823. The van der Waals surface area contributed by atoms with Gasteiger partial charge in [0, 0.05) is 12.2 Å². The number of hydrogen-bond acceptors (Lipinski definition) is 4. The van der Waals surface area contributed by atoms with Crippen molar-refractivity contribution in [3.05, 3.63) is 35.5 Å². The number of pyridine rings is 1. The van der Waals surface area contributed by atoms with Gasteiger partial charge in [0.25, 0.3) is 5.91 Å². The van der Waals surface area contributed by atoms with Gasteiger partial charge in [-0.25, -0.2) is 4.98 Å². The first-order valence-corrected chi connectivity index (χ1v) is 6.25. The summed E-state index contributed by atoms with van der Waals surface area (Å²) in [6.07, 6.45) is 0. The third kappa shape index (κ3) is 2.94. The normalized spacial score (nSPS) is 10.9. The topological polar surface area (TPSA) is 75.9 Å². The Morgan fingerprint density at radius 3 is 3.00 bits per heavy atom. The van der Waals surface area contributed by atoms with Crippen molar-refractivity contribution in [3.8, 4) is 0 Å². The van der Waals surface area contributed by atoms with Gasteiger partial charge in [0.05, 0.1) is 19.8 Å². The number of hydrogen-bond donors (Lipinski definition) is 2. The molecule has 7 heteroatoms. The summed E-state index contributed by atoms with van der Waals surface area (Å²) >= 11 is 0. The maximum atomic E-state index is 14.1. The van der Waals surface area contributed by atoms with E-state index in [-0.39, 0.29) is 32.1 Å². The number of ether oxygens (including phenoxy) is 1. The first-order chi connectivity index (χ1) is 9.65. The molecule has 0 fully saturated rings. The van der Waals surface area contributed by atoms with E-state index >= 15 is 0 Å². The Morgan fingerprint density at radius 1 is 1.50 bits per heavy atom. The summed E-state index contributed by atoms with van der Waals surface area (Å²) in [5, 5.41) is 11.0. The van der Waals surface area contributed by atoms with Gasteiger partial charge >= 0.3 is 0 Å². The number of aryl methyl sites for hydroxylation is 1. The van der Waals surface area contributed by atoms with Crippen molar-refractivity contribution in [1.29, 1.82) is 0 Å². The molecule has 0 aliphatic rings. The molecule has 0 spiro atoms. The van der Waals surface area contributed by atoms with Gasteiger partial charge in [-0.3, -0.25) is 9.20 Å². The molecule has 2 rings (SSSR count). The van der Waals surface area contributed by atoms with Crippen LogP contribution >= 0.6 is 0 Å². The minimum atomic E-state index is -0.674. The van der Waals surface area contributed by atoms with Crippen LogP contribution in [0.5, 0.6) is 0 Å². The van der Waals surface area contributed by atoms with Gasteiger partial charge < -0.3 is 15.2 Å². The fraction of sp³-hybridized carbons (Fsp3) is 0.385. The molecule has 1 amide bonds. The van der Waals surface area contributed by atoms with Crippen LogP contribution in [0.1, 0.15) is 16.2 Å². The minimum Gasteiger partial charge on any atom is -0.394 e. The van der Waals surface area contributed by atoms with Crippen LogP contribution in [0, 0.1) is 12.9 Å². The second kappa shape index (κ2) is 6.44. The molecule has 108 valence electrons. The zero-order chi connectivity index (χ0) is 14.5. The van der Waals surface area contributed by atoms with Gasteiger partial charge in [-0.15, -0.1) is 0 Å². The Hall–Kier alpha value is -1.99. The lowest BCUT2D eigenvalue weighted by Crippen LogP contribution is -2.28. The number of amides is 1. The summed E-state index contributed by atoms with van der Waals surface area (Å²) in [6.45, 7) is 2.35. The Kier molecular flexibility index (Phi) is 4.65. The van der Waals surface area contributed by atoms with E-state index in [2.05, 4.69) is 10.3 Å². The number of imidazole rings is 1. The van der Waals surface area contributed by atoms with Crippen LogP contribution in [-0.2, 0) is 4.74 Å². The first-order valence-electron chi connectivity index (χ1n) is 6.25. The average Bonchev–Trinajstić information content (AvgIpc) is 2.77. The monoisotopic (exact) mass is 281 g/mol. The number of carbonyl (C=O) groups excluding carboxylic acids is 1. The van der Waals surface area contributed by atoms with E-state index in [9.17, 15) is 9.18 Å². The third-order valence-corrected chi connectivity index (χ3v) is 2.77. The van der Waals surface area contributed by atoms with Crippen LogP contribution in [0.2, 0.25) is 0 Å². The second-order valence-corrected chi connectivity index (χ2v) is 4.20. The van der Waals surface area contributed by atoms with Crippen molar-refractivity contribution < 1.29 is 19.0 Å². The molecule has 2 aromatic rings. The molecule has 2 N–H and O–H groups in total. The molecule has 0 aromatic carbocycles. The van der Waals surface area contributed by atoms with E-state index in [1.54, 1.807) is 25.1 Å². The molecule has 0 unspecified atom stereocenters. The van der Waals surface area contributed by atoms with Crippen LogP contribution < -0.4 is 5.32 Å². The van der Waals surface area contributed by atoms with Crippen LogP contribution in [-0.4, -0.2) is 46.8 Å². The number of nitrogens with one attached hydrogen (secondary N) is 1. The summed E-state index contributed by atoms with van der Waals surface area (Å²) < 4.78 is 20.4. The van der Waals surface area contributed by atoms with Crippen LogP contribution in [0.4, 0.5) is 4.39 Å². The number of aliphatic hydroxyl groups is 1. The molecule has 0 saturated heterocycles. The van der Waals surface area contributed by atoms with Crippen molar-refractivity contribution in [2.45, 2.75) is 6.92 Å². The van der Waals surface area contributed by atoms with Crippen molar-refractivity contribution >= 4 is 11.6 Å². The number of rotatable bonds is 6. The van der Waals surface area contributed by atoms with Crippen LogP contribution in [0.25, 0.3) is 5.65 Å². The molecule has 20 heavy (non-hydrogen) atoms. The second-order valence-electron chi connectivity index (χ2n) is 4.20. The lowest BCUT2D eigenvalue weighted by atomic mass is 10.4. The zero-order valence-corrected chi connectivity index (χ0v) is 11.1. The highest BCUT2D eigenvalue weighted by atomic mass is 19.1.